The number of urea groups is 1. The number of anilines is 2. The van der Waals surface area contributed by atoms with Crippen molar-refractivity contribution < 1.29 is 4.79 Å². The molecule has 2 aromatic heterocycles. The van der Waals surface area contributed by atoms with Crippen molar-refractivity contribution in [2.75, 3.05) is 10.6 Å². The van der Waals surface area contributed by atoms with Gasteiger partial charge in [-0.1, -0.05) is 19.4 Å². The first kappa shape index (κ1) is 16.1. The summed E-state index contributed by atoms with van der Waals surface area (Å²) in [4.78, 5) is 16.3. The highest BCUT2D eigenvalue weighted by Gasteiger charge is 2.15. The zero-order chi connectivity index (χ0) is 17.1. The van der Waals surface area contributed by atoms with Crippen molar-refractivity contribution in [2.24, 2.45) is 7.05 Å². The molecule has 0 aliphatic rings. The van der Waals surface area contributed by atoms with Gasteiger partial charge in [-0.15, -0.1) is 0 Å². The van der Waals surface area contributed by atoms with Gasteiger partial charge in [0.25, 0.3) is 0 Å². The summed E-state index contributed by atoms with van der Waals surface area (Å²) in [7, 11) is 2.07. The maximum atomic E-state index is 12.3. The zero-order valence-corrected chi connectivity index (χ0v) is 14.3. The van der Waals surface area contributed by atoms with Crippen molar-refractivity contribution in [1.29, 1.82) is 0 Å². The number of rotatable bonds is 4. The van der Waals surface area contributed by atoms with E-state index in [2.05, 4.69) is 47.1 Å². The Bertz CT molecular complexity index is 868. The van der Waals surface area contributed by atoms with E-state index in [1.54, 1.807) is 18.5 Å². The van der Waals surface area contributed by atoms with Crippen LogP contribution in [0, 0.1) is 6.92 Å². The summed E-state index contributed by atoms with van der Waals surface area (Å²) in [5.41, 5.74) is 5.18. The Hall–Kier alpha value is -2.82. The van der Waals surface area contributed by atoms with Crippen molar-refractivity contribution in [2.45, 2.75) is 26.7 Å². The second kappa shape index (κ2) is 6.74. The van der Waals surface area contributed by atoms with E-state index >= 15 is 0 Å². The second-order valence-corrected chi connectivity index (χ2v) is 5.89. The van der Waals surface area contributed by atoms with Crippen LogP contribution < -0.4 is 10.6 Å². The van der Waals surface area contributed by atoms with E-state index in [1.807, 2.05) is 18.2 Å². The molecule has 0 saturated heterocycles. The lowest BCUT2D eigenvalue weighted by molar-refractivity contribution is 0.262. The lowest BCUT2D eigenvalue weighted by atomic mass is 10.0. The molecule has 0 radical (unpaired) electrons. The van der Waals surface area contributed by atoms with Gasteiger partial charge in [-0.05, 0) is 43.2 Å². The molecule has 2 amide bonds. The number of benzene rings is 1. The summed E-state index contributed by atoms with van der Waals surface area (Å²) in [6.45, 7) is 4.30. The van der Waals surface area contributed by atoms with E-state index in [0.29, 0.717) is 5.69 Å². The van der Waals surface area contributed by atoms with Crippen LogP contribution in [0.5, 0.6) is 0 Å². The van der Waals surface area contributed by atoms with Crippen LogP contribution in [-0.2, 0) is 13.5 Å². The molecule has 2 heterocycles. The van der Waals surface area contributed by atoms with E-state index < -0.39 is 0 Å². The van der Waals surface area contributed by atoms with Gasteiger partial charge in [0, 0.05) is 24.3 Å². The highest BCUT2D eigenvalue weighted by atomic mass is 16.2. The number of hydrogen-bond donors (Lipinski definition) is 2. The monoisotopic (exact) mass is 322 g/mol. The molecule has 0 saturated carbocycles. The van der Waals surface area contributed by atoms with Gasteiger partial charge in [0.15, 0.2) is 0 Å². The van der Waals surface area contributed by atoms with Crippen LogP contribution in [0.25, 0.3) is 10.9 Å². The molecule has 3 aromatic rings. The van der Waals surface area contributed by atoms with E-state index in [9.17, 15) is 4.79 Å². The summed E-state index contributed by atoms with van der Waals surface area (Å²) in [5, 5.41) is 6.92. The average molecular weight is 322 g/mol. The van der Waals surface area contributed by atoms with Crippen LogP contribution in [0.3, 0.4) is 0 Å². The van der Waals surface area contributed by atoms with Crippen LogP contribution in [0.2, 0.25) is 0 Å². The summed E-state index contributed by atoms with van der Waals surface area (Å²) in [5.74, 6) is 0. The lowest BCUT2D eigenvalue weighted by Crippen LogP contribution is -2.19. The van der Waals surface area contributed by atoms with Crippen LogP contribution >= 0.6 is 0 Å². The molecule has 0 spiro atoms. The number of hydrogen-bond acceptors (Lipinski definition) is 2. The summed E-state index contributed by atoms with van der Waals surface area (Å²) in [6, 6.07) is 9.34. The fourth-order valence-corrected chi connectivity index (χ4v) is 3.08. The Labute approximate surface area is 141 Å². The Morgan fingerprint density at radius 3 is 2.75 bits per heavy atom. The van der Waals surface area contributed by atoms with E-state index in [0.717, 1.165) is 29.4 Å². The number of pyridine rings is 1. The minimum atomic E-state index is -0.264. The largest absolute Gasteiger partial charge is 0.348 e. The minimum Gasteiger partial charge on any atom is -0.348 e. The third kappa shape index (κ3) is 2.97. The quantitative estimate of drug-likeness (QED) is 0.744. The number of aromatic nitrogens is 2. The minimum absolute atomic E-state index is 0.264. The number of amides is 2. The first-order chi connectivity index (χ1) is 11.6. The molecule has 0 bridgehead atoms. The topological polar surface area (TPSA) is 59.0 Å². The van der Waals surface area contributed by atoms with Crippen LogP contribution in [-0.4, -0.2) is 15.6 Å². The molecule has 5 nitrogen and oxygen atoms in total. The van der Waals surface area contributed by atoms with Crippen molar-refractivity contribution >= 4 is 28.3 Å². The molecule has 0 fully saturated rings. The predicted molar refractivity (Wildman–Crippen MR) is 98.5 cm³/mol. The SMILES string of the molecule is CCCc1c(C)n(C)c2cccc(NC(=O)Nc3cccnc3)c12. The summed E-state index contributed by atoms with van der Waals surface area (Å²) >= 11 is 0. The molecule has 124 valence electrons. The number of nitrogens with one attached hydrogen (secondary N) is 2. The van der Waals surface area contributed by atoms with Gasteiger partial charge in [0.05, 0.1) is 23.1 Å². The number of carbonyl (C=O) groups is 1. The number of nitrogens with zero attached hydrogens (tertiary/aromatic N) is 2. The van der Waals surface area contributed by atoms with Crippen LogP contribution in [0.15, 0.2) is 42.7 Å². The highest BCUT2D eigenvalue weighted by Crippen LogP contribution is 2.32. The van der Waals surface area contributed by atoms with Crippen molar-refractivity contribution in [3.05, 3.63) is 54.0 Å². The fourth-order valence-electron chi connectivity index (χ4n) is 3.08. The standard InChI is InChI=1S/C19H22N4O/c1-4-7-15-13(2)23(3)17-10-5-9-16(18(15)17)22-19(24)21-14-8-6-11-20-12-14/h5-6,8-12H,4,7H2,1-3H3,(H2,21,22,24). The molecule has 24 heavy (non-hydrogen) atoms. The molecular formula is C19H22N4O. The van der Waals surface area contributed by atoms with Gasteiger partial charge in [-0.2, -0.15) is 0 Å². The molecule has 1 aromatic carbocycles. The van der Waals surface area contributed by atoms with E-state index in [-0.39, 0.29) is 6.03 Å². The smallest absolute Gasteiger partial charge is 0.323 e. The first-order valence-corrected chi connectivity index (χ1v) is 8.16. The van der Waals surface area contributed by atoms with Crippen molar-refractivity contribution in [3.8, 4) is 0 Å². The third-order valence-corrected chi connectivity index (χ3v) is 4.31. The number of fused-ring (bicyclic) bond motifs is 1. The van der Waals surface area contributed by atoms with Crippen LogP contribution in [0.4, 0.5) is 16.2 Å². The van der Waals surface area contributed by atoms with Gasteiger partial charge in [-0.3, -0.25) is 4.98 Å². The normalized spacial score (nSPS) is 10.8. The Balaban J connectivity index is 1.94. The maximum Gasteiger partial charge on any atom is 0.323 e. The van der Waals surface area contributed by atoms with Crippen LogP contribution in [0.1, 0.15) is 24.6 Å². The zero-order valence-electron chi connectivity index (χ0n) is 14.3. The van der Waals surface area contributed by atoms with Crippen molar-refractivity contribution in [3.63, 3.8) is 0 Å². The Morgan fingerprint density at radius 2 is 2.04 bits per heavy atom. The molecule has 0 aliphatic heterocycles. The maximum absolute atomic E-state index is 12.3. The van der Waals surface area contributed by atoms with Gasteiger partial charge in [-0.25, -0.2) is 4.79 Å². The molecule has 5 heteroatoms. The molecule has 2 N–H and O–H groups in total. The Morgan fingerprint density at radius 1 is 1.21 bits per heavy atom. The second-order valence-electron chi connectivity index (χ2n) is 5.89. The molecule has 3 rings (SSSR count). The van der Waals surface area contributed by atoms with E-state index in [4.69, 9.17) is 0 Å². The highest BCUT2D eigenvalue weighted by molar-refractivity contribution is 6.07. The third-order valence-electron chi connectivity index (χ3n) is 4.31. The number of aryl methyl sites for hydroxylation is 2. The predicted octanol–water partition coefficient (Wildman–Crippen LogP) is 4.48. The lowest BCUT2D eigenvalue weighted by Gasteiger charge is -2.10. The molecule has 0 aliphatic carbocycles. The fraction of sp³-hybridized carbons (Fsp3) is 0.263. The Kier molecular flexibility index (Phi) is 4.51. The molecule has 0 atom stereocenters. The van der Waals surface area contributed by atoms with Crippen molar-refractivity contribution in [1.82, 2.24) is 9.55 Å². The average Bonchev–Trinajstić information content (AvgIpc) is 2.82. The number of carbonyl (C=O) groups excluding carboxylic acids is 1. The summed E-state index contributed by atoms with van der Waals surface area (Å²) < 4.78 is 2.19. The van der Waals surface area contributed by atoms with E-state index in [1.165, 1.54) is 11.3 Å². The van der Waals surface area contributed by atoms with Gasteiger partial charge in [0.2, 0.25) is 0 Å². The first-order valence-electron chi connectivity index (χ1n) is 8.16. The molecular weight excluding hydrogens is 300 g/mol. The summed E-state index contributed by atoms with van der Waals surface area (Å²) in [6.07, 6.45) is 5.35. The van der Waals surface area contributed by atoms with Gasteiger partial charge >= 0.3 is 6.03 Å². The van der Waals surface area contributed by atoms with Gasteiger partial charge in [0.1, 0.15) is 0 Å². The molecule has 0 unspecified atom stereocenters. The van der Waals surface area contributed by atoms with Gasteiger partial charge < -0.3 is 15.2 Å².